The third-order valence-corrected chi connectivity index (χ3v) is 2.61. The first-order valence-electron chi connectivity index (χ1n) is 5.57. The molecule has 0 unspecified atom stereocenters. The molecule has 19 heavy (non-hydrogen) atoms. The molecular weight excluding hydrogens is 262 g/mol. The maximum atomic E-state index is 13.1. The summed E-state index contributed by atoms with van der Waals surface area (Å²) >= 11 is 0. The summed E-state index contributed by atoms with van der Waals surface area (Å²) in [5, 5.41) is 0. The zero-order chi connectivity index (χ0) is 14.0. The second-order valence-electron chi connectivity index (χ2n) is 4.00. The van der Waals surface area contributed by atoms with E-state index in [0.29, 0.717) is 18.7 Å². The summed E-state index contributed by atoms with van der Waals surface area (Å²) in [5.41, 5.74) is 4.23. The van der Waals surface area contributed by atoms with Gasteiger partial charge < -0.3 is 10.2 Å². The first-order chi connectivity index (χ1) is 8.91. The van der Waals surface area contributed by atoms with Gasteiger partial charge in [0.25, 0.3) is 0 Å². The third-order valence-electron chi connectivity index (χ3n) is 2.61. The second kappa shape index (κ2) is 5.05. The Morgan fingerprint density at radius 2 is 1.84 bits per heavy atom. The molecule has 0 aliphatic rings. The molecule has 2 aromatic rings. The Hall–Kier alpha value is -1.82. The van der Waals surface area contributed by atoms with E-state index in [1.807, 2.05) is 0 Å². The predicted molar refractivity (Wildman–Crippen MR) is 61.9 cm³/mol. The lowest BCUT2D eigenvalue weighted by atomic mass is 10.1. The Kier molecular flexibility index (Phi) is 3.61. The Bertz CT molecular complexity index is 574. The molecular formula is C13H11F4NO. The van der Waals surface area contributed by atoms with E-state index in [-0.39, 0.29) is 11.3 Å². The van der Waals surface area contributed by atoms with Crippen LogP contribution < -0.4 is 5.73 Å². The fraction of sp³-hybridized carbons (Fsp3) is 0.231. The molecule has 0 amide bonds. The van der Waals surface area contributed by atoms with Gasteiger partial charge in [0.1, 0.15) is 17.3 Å². The Labute approximate surface area is 106 Å². The molecule has 2 N–H and O–H groups in total. The lowest BCUT2D eigenvalue weighted by molar-refractivity contribution is -0.139. The third kappa shape index (κ3) is 2.96. The molecule has 0 spiro atoms. The summed E-state index contributed by atoms with van der Waals surface area (Å²) in [5.74, 6) is -0.464. The van der Waals surface area contributed by atoms with Crippen LogP contribution in [0.3, 0.4) is 0 Å². The maximum Gasteiger partial charge on any atom is 0.419 e. The van der Waals surface area contributed by atoms with Gasteiger partial charge in [-0.1, -0.05) is 0 Å². The van der Waals surface area contributed by atoms with Crippen LogP contribution in [0.2, 0.25) is 0 Å². The minimum Gasteiger partial charge on any atom is -0.461 e. The number of hydrogen-bond donors (Lipinski definition) is 1. The predicted octanol–water partition coefficient (Wildman–Crippen LogP) is 3.61. The molecule has 0 bridgehead atoms. The Balaban J connectivity index is 2.39. The van der Waals surface area contributed by atoms with Crippen molar-refractivity contribution in [2.24, 2.45) is 5.73 Å². The summed E-state index contributed by atoms with van der Waals surface area (Å²) in [6.07, 6.45) is -4.24. The number of alkyl halides is 3. The summed E-state index contributed by atoms with van der Waals surface area (Å²) in [7, 11) is 0. The van der Waals surface area contributed by atoms with Gasteiger partial charge in [-0.15, -0.1) is 0 Å². The smallest absolute Gasteiger partial charge is 0.419 e. The Morgan fingerprint density at radius 3 is 2.47 bits per heavy atom. The molecule has 2 nitrogen and oxygen atoms in total. The molecule has 2 rings (SSSR count). The van der Waals surface area contributed by atoms with Crippen molar-refractivity contribution >= 4 is 0 Å². The van der Waals surface area contributed by atoms with Crippen molar-refractivity contribution in [2.75, 3.05) is 6.54 Å². The summed E-state index contributed by atoms with van der Waals surface area (Å²) < 4.78 is 56.2. The molecule has 0 radical (unpaired) electrons. The van der Waals surface area contributed by atoms with E-state index in [2.05, 4.69) is 0 Å². The molecule has 1 aromatic carbocycles. The second-order valence-corrected chi connectivity index (χ2v) is 4.00. The van der Waals surface area contributed by atoms with Crippen LogP contribution in [-0.4, -0.2) is 6.54 Å². The molecule has 0 aliphatic carbocycles. The van der Waals surface area contributed by atoms with Crippen LogP contribution in [0.15, 0.2) is 34.7 Å². The van der Waals surface area contributed by atoms with Gasteiger partial charge in [0, 0.05) is 12.0 Å². The maximum absolute atomic E-state index is 13.1. The van der Waals surface area contributed by atoms with E-state index < -0.39 is 17.6 Å². The highest BCUT2D eigenvalue weighted by molar-refractivity contribution is 5.59. The van der Waals surface area contributed by atoms with Gasteiger partial charge in [0.15, 0.2) is 0 Å². The van der Waals surface area contributed by atoms with Crippen molar-refractivity contribution in [2.45, 2.75) is 12.6 Å². The number of rotatable bonds is 3. The summed E-state index contributed by atoms with van der Waals surface area (Å²) in [6.45, 7) is 0.379. The molecule has 102 valence electrons. The van der Waals surface area contributed by atoms with E-state index in [9.17, 15) is 17.6 Å². The van der Waals surface area contributed by atoms with Gasteiger partial charge in [-0.25, -0.2) is 4.39 Å². The molecule has 1 heterocycles. The van der Waals surface area contributed by atoms with E-state index in [1.54, 1.807) is 12.1 Å². The van der Waals surface area contributed by atoms with Gasteiger partial charge in [-0.2, -0.15) is 13.2 Å². The number of benzene rings is 1. The average Bonchev–Trinajstić information content (AvgIpc) is 2.77. The highest BCUT2D eigenvalue weighted by Gasteiger charge is 2.34. The van der Waals surface area contributed by atoms with Gasteiger partial charge in [0.2, 0.25) is 0 Å². The molecule has 6 heteroatoms. The van der Waals surface area contributed by atoms with Crippen LogP contribution in [-0.2, 0) is 12.6 Å². The van der Waals surface area contributed by atoms with Gasteiger partial charge in [-0.05, 0) is 36.9 Å². The molecule has 0 atom stereocenters. The van der Waals surface area contributed by atoms with Gasteiger partial charge in [0.05, 0.1) is 5.56 Å². The van der Waals surface area contributed by atoms with Crippen LogP contribution in [0, 0.1) is 5.82 Å². The monoisotopic (exact) mass is 273 g/mol. The standard InChI is InChI=1S/C13H11F4NO/c14-11-3-1-8(7-10(11)13(15,16)17)12-4-2-9(19-12)5-6-18/h1-4,7H,5-6,18H2. The van der Waals surface area contributed by atoms with E-state index in [1.165, 1.54) is 6.07 Å². The normalized spacial score (nSPS) is 11.8. The van der Waals surface area contributed by atoms with Crippen LogP contribution >= 0.6 is 0 Å². The zero-order valence-corrected chi connectivity index (χ0v) is 9.80. The van der Waals surface area contributed by atoms with Crippen molar-refractivity contribution in [1.82, 2.24) is 0 Å². The first kappa shape index (κ1) is 13.6. The van der Waals surface area contributed by atoms with Crippen molar-refractivity contribution in [3.05, 3.63) is 47.5 Å². The summed E-state index contributed by atoms with van der Waals surface area (Å²) in [6, 6.07) is 5.94. The highest BCUT2D eigenvalue weighted by atomic mass is 19.4. The van der Waals surface area contributed by atoms with Gasteiger partial charge >= 0.3 is 6.18 Å². The minimum atomic E-state index is -4.73. The van der Waals surface area contributed by atoms with Crippen LogP contribution in [0.5, 0.6) is 0 Å². The van der Waals surface area contributed by atoms with Crippen molar-refractivity contribution in [1.29, 1.82) is 0 Å². The highest BCUT2D eigenvalue weighted by Crippen LogP contribution is 2.34. The van der Waals surface area contributed by atoms with E-state index >= 15 is 0 Å². The largest absolute Gasteiger partial charge is 0.461 e. The Morgan fingerprint density at radius 1 is 1.11 bits per heavy atom. The fourth-order valence-electron chi connectivity index (χ4n) is 1.71. The van der Waals surface area contributed by atoms with Crippen LogP contribution in [0.4, 0.5) is 17.6 Å². The lowest BCUT2D eigenvalue weighted by Gasteiger charge is -2.09. The van der Waals surface area contributed by atoms with Gasteiger partial charge in [-0.3, -0.25) is 0 Å². The minimum absolute atomic E-state index is 0.178. The first-order valence-corrected chi connectivity index (χ1v) is 5.57. The van der Waals surface area contributed by atoms with Crippen LogP contribution in [0.1, 0.15) is 11.3 Å². The van der Waals surface area contributed by atoms with Crippen molar-refractivity contribution < 1.29 is 22.0 Å². The quantitative estimate of drug-likeness (QED) is 0.868. The topological polar surface area (TPSA) is 39.2 Å². The molecule has 0 saturated heterocycles. The molecule has 0 fully saturated rings. The SMILES string of the molecule is NCCc1ccc(-c2ccc(F)c(C(F)(F)F)c2)o1. The molecule has 0 aliphatic heterocycles. The van der Waals surface area contributed by atoms with Crippen molar-refractivity contribution in [3.8, 4) is 11.3 Å². The number of nitrogens with two attached hydrogens (primary N) is 1. The number of hydrogen-bond acceptors (Lipinski definition) is 2. The zero-order valence-electron chi connectivity index (χ0n) is 9.80. The number of halogens is 4. The fourth-order valence-corrected chi connectivity index (χ4v) is 1.71. The van der Waals surface area contributed by atoms with E-state index in [4.69, 9.17) is 10.2 Å². The number of furan rings is 1. The van der Waals surface area contributed by atoms with E-state index in [0.717, 1.165) is 12.1 Å². The molecule has 1 aromatic heterocycles. The summed E-state index contributed by atoms with van der Waals surface area (Å²) in [4.78, 5) is 0. The van der Waals surface area contributed by atoms with Crippen molar-refractivity contribution in [3.63, 3.8) is 0 Å². The average molecular weight is 273 g/mol. The molecule has 0 saturated carbocycles. The lowest BCUT2D eigenvalue weighted by Crippen LogP contribution is -2.08. The van der Waals surface area contributed by atoms with Crippen LogP contribution in [0.25, 0.3) is 11.3 Å².